The summed E-state index contributed by atoms with van der Waals surface area (Å²) in [5, 5.41) is 18.0. The van der Waals surface area contributed by atoms with Crippen LogP contribution in [0, 0.1) is 0 Å². The SMILES string of the molecule is O=C(N/N=C\c1ccccc1OCc1ccc2ccccc2c1)C(O)(c1ccccc1)c1ccccc1. The maximum absolute atomic E-state index is 13.3. The van der Waals surface area contributed by atoms with Gasteiger partial charge in [0.15, 0.2) is 5.60 Å². The zero-order valence-electron chi connectivity index (χ0n) is 20.1. The first-order valence-corrected chi connectivity index (χ1v) is 12.0. The van der Waals surface area contributed by atoms with Crippen LogP contribution in [0.25, 0.3) is 10.8 Å². The fourth-order valence-corrected chi connectivity index (χ4v) is 4.24. The van der Waals surface area contributed by atoms with Crippen molar-refractivity contribution in [3.05, 3.63) is 150 Å². The van der Waals surface area contributed by atoms with E-state index in [1.54, 1.807) is 48.5 Å². The predicted octanol–water partition coefficient (Wildman–Crippen LogP) is 5.81. The molecule has 0 saturated carbocycles. The highest BCUT2D eigenvalue weighted by atomic mass is 16.5. The molecule has 5 nitrogen and oxygen atoms in total. The Morgan fingerprint density at radius 3 is 2.05 bits per heavy atom. The maximum atomic E-state index is 13.3. The fourth-order valence-electron chi connectivity index (χ4n) is 4.24. The van der Waals surface area contributed by atoms with Gasteiger partial charge in [-0.25, -0.2) is 5.43 Å². The van der Waals surface area contributed by atoms with Gasteiger partial charge < -0.3 is 9.84 Å². The Morgan fingerprint density at radius 2 is 1.35 bits per heavy atom. The van der Waals surface area contributed by atoms with Gasteiger partial charge >= 0.3 is 0 Å². The van der Waals surface area contributed by atoms with E-state index in [4.69, 9.17) is 4.74 Å². The number of aliphatic hydroxyl groups is 1. The third kappa shape index (κ3) is 5.27. The molecule has 0 spiro atoms. The Bertz CT molecular complexity index is 1490. The Balaban J connectivity index is 1.32. The second-order valence-electron chi connectivity index (χ2n) is 8.65. The Labute approximate surface area is 215 Å². The molecule has 0 heterocycles. The van der Waals surface area contributed by atoms with Gasteiger partial charge in [-0.05, 0) is 45.7 Å². The monoisotopic (exact) mass is 486 g/mol. The van der Waals surface area contributed by atoms with E-state index in [0.717, 1.165) is 10.9 Å². The third-order valence-corrected chi connectivity index (χ3v) is 6.21. The van der Waals surface area contributed by atoms with Gasteiger partial charge in [0.05, 0.1) is 6.21 Å². The number of nitrogens with one attached hydrogen (secondary N) is 1. The number of hydrogen-bond acceptors (Lipinski definition) is 4. The Hall–Kier alpha value is -4.74. The highest BCUT2D eigenvalue weighted by molar-refractivity contribution is 5.91. The number of fused-ring (bicyclic) bond motifs is 1. The molecule has 5 rings (SSSR count). The van der Waals surface area contributed by atoms with Crippen molar-refractivity contribution in [3.8, 4) is 5.75 Å². The molecule has 182 valence electrons. The number of benzene rings is 5. The van der Waals surface area contributed by atoms with Crippen molar-refractivity contribution in [1.82, 2.24) is 5.43 Å². The van der Waals surface area contributed by atoms with Crippen LogP contribution in [0.5, 0.6) is 5.75 Å². The molecule has 0 aliphatic rings. The first kappa shape index (κ1) is 24.0. The molecule has 5 aromatic rings. The van der Waals surface area contributed by atoms with E-state index in [-0.39, 0.29) is 0 Å². The zero-order chi connectivity index (χ0) is 25.5. The van der Waals surface area contributed by atoms with Crippen molar-refractivity contribution in [2.24, 2.45) is 5.10 Å². The predicted molar refractivity (Wildman–Crippen MR) is 146 cm³/mol. The molecule has 0 fully saturated rings. The average Bonchev–Trinajstić information content (AvgIpc) is 2.97. The molecule has 0 aliphatic heterocycles. The van der Waals surface area contributed by atoms with Gasteiger partial charge in [-0.3, -0.25) is 4.79 Å². The molecule has 0 bridgehead atoms. The number of para-hydroxylation sites is 1. The molecule has 0 aromatic heterocycles. The molecule has 0 unspecified atom stereocenters. The third-order valence-electron chi connectivity index (χ3n) is 6.21. The number of ether oxygens (including phenoxy) is 1. The van der Waals surface area contributed by atoms with E-state index in [1.165, 1.54) is 11.6 Å². The number of amides is 1. The van der Waals surface area contributed by atoms with E-state index < -0.39 is 11.5 Å². The number of carbonyl (C=O) groups excluding carboxylic acids is 1. The van der Waals surface area contributed by atoms with Crippen molar-refractivity contribution < 1.29 is 14.6 Å². The molecule has 1 amide bonds. The second-order valence-corrected chi connectivity index (χ2v) is 8.65. The van der Waals surface area contributed by atoms with Gasteiger partial charge in [0.1, 0.15) is 12.4 Å². The van der Waals surface area contributed by atoms with E-state index in [0.29, 0.717) is 29.0 Å². The minimum absolute atomic E-state index is 0.393. The number of nitrogens with zero attached hydrogens (tertiary/aromatic N) is 1. The summed E-state index contributed by atoms with van der Waals surface area (Å²) in [4.78, 5) is 13.3. The van der Waals surface area contributed by atoms with E-state index in [1.807, 2.05) is 54.6 Å². The van der Waals surface area contributed by atoms with Crippen LogP contribution in [0.15, 0.2) is 132 Å². The molecule has 0 aliphatic carbocycles. The minimum Gasteiger partial charge on any atom is -0.488 e. The second kappa shape index (κ2) is 10.9. The van der Waals surface area contributed by atoms with Crippen LogP contribution in [0.2, 0.25) is 0 Å². The van der Waals surface area contributed by atoms with Gasteiger partial charge in [0.2, 0.25) is 0 Å². The summed E-state index contributed by atoms with van der Waals surface area (Å²) in [5.74, 6) is -0.0225. The number of hydrogen-bond donors (Lipinski definition) is 2. The molecule has 37 heavy (non-hydrogen) atoms. The summed E-state index contributed by atoms with van der Waals surface area (Å²) in [6, 6.07) is 39.5. The standard InChI is InChI=1S/C32H26N2O3/c35-31(32(36,28-14-3-1-4-15-28)29-16-5-2-6-17-29)34-33-22-27-13-9-10-18-30(27)37-23-24-19-20-25-11-7-8-12-26(25)21-24/h1-22,36H,23H2,(H,34,35)/b33-22-. The summed E-state index contributed by atoms with van der Waals surface area (Å²) >= 11 is 0. The largest absolute Gasteiger partial charge is 0.488 e. The molecule has 0 atom stereocenters. The van der Waals surface area contributed by atoms with Crippen molar-refractivity contribution in [2.75, 3.05) is 0 Å². The fraction of sp³-hybridized carbons (Fsp3) is 0.0625. The van der Waals surface area contributed by atoms with Crippen LogP contribution in [-0.4, -0.2) is 17.2 Å². The summed E-state index contributed by atoms with van der Waals surface area (Å²) in [6.07, 6.45) is 1.52. The van der Waals surface area contributed by atoms with Crippen molar-refractivity contribution in [1.29, 1.82) is 0 Å². The zero-order valence-corrected chi connectivity index (χ0v) is 20.1. The lowest BCUT2D eigenvalue weighted by Crippen LogP contribution is -2.43. The summed E-state index contributed by atoms with van der Waals surface area (Å²) < 4.78 is 6.08. The van der Waals surface area contributed by atoms with Crippen molar-refractivity contribution >= 4 is 22.9 Å². The lowest BCUT2D eigenvalue weighted by Gasteiger charge is -2.27. The van der Waals surface area contributed by atoms with E-state index in [9.17, 15) is 9.90 Å². The molecular formula is C32H26N2O3. The Kier molecular flexibility index (Phi) is 7.06. The number of carbonyl (C=O) groups is 1. The summed E-state index contributed by atoms with van der Waals surface area (Å²) in [5.41, 5.74) is 3.27. The lowest BCUT2D eigenvalue weighted by atomic mass is 9.85. The highest BCUT2D eigenvalue weighted by Gasteiger charge is 2.39. The first-order valence-electron chi connectivity index (χ1n) is 12.0. The smallest absolute Gasteiger partial charge is 0.281 e. The van der Waals surface area contributed by atoms with Gasteiger partial charge in [0, 0.05) is 5.56 Å². The quantitative estimate of drug-likeness (QED) is 0.215. The van der Waals surface area contributed by atoms with Gasteiger partial charge in [-0.1, -0.05) is 109 Å². The van der Waals surface area contributed by atoms with Crippen LogP contribution >= 0.6 is 0 Å². The average molecular weight is 487 g/mol. The molecule has 0 radical (unpaired) electrons. The van der Waals surface area contributed by atoms with E-state index >= 15 is 0 Å². The van der Waals surface area contributed by atoms with Crippen LogP contribution < -0.4 is 10.2 Å². The van der Waals surface area contributed by atoms with E-state index in [2.05, 4.69) is 34.8 Å². The maximum Gasteiger partial charge on any atom is 0.281 e. The number of rotatable bonds is 8. The number of hydrazone groups is 1. The van der Waals surface area contributed by atoms with Crippen molar-refractivity contribution in [3.63, 3.8) is 0 Å². The lowest BCUT2D eigenvalue weighted by molar-refractivity contribution is -0.136. The van der Waals surface area contributed by atoms with Crippen molar-refractivity contribution in [2.45, 2.75) is 12.2 Å². The highest BCUT2D eigenvalue weighted by Crippen LogP contribution is 2.30. The molecule has 5 heteroatoms. The van der Waals surface area contributed by atoms with Crippen LogP contribution in [0.1, 0.15) is 22.3 Å². The normalized spacial score (nSPS) is 11.5. The minimum atomic E-state index is -1.90. The Morgan fingerprint density at radius 1 is 0.757 bits per heavy atom. The van der Waals surface area contributed by atoms with Gasteiger partial charge in [0.25, 0.3) is 5.91 Å². The van der Waals surface area contributed by atoms with Crippen LogP contribution in [-0.2, 0) is 17.0 Å². The van der Waals surface area contributed by atoms with Crippen LogP contribution in [0.3, 0.4) is 0 Å². The molecule has 0 saturated heterocycles. The van der Waals surface area contributed by atoms with Crippen LogP contribution in [0.4, 0.5) is 0 Å². The molecular weight excluding hydrogens is 460 g/mol. The van der Waals surface area contributed by atoms with Gasteiger partial charge in [-0.2, -0.15) is 5.10 Å². The molecule has 2 N–H and O–H groups in total. The van der Waals surface area contributed by atoms with Gasteiger partial charge in [-0.15, -0.1) is 0 Å². The first-order chi connectivity index (χ1) is 18.1. The topological polar surface area (TPSA) is 70.9 Å². The molecule has 5 aromatic carbocycles. The summed E-state index contributed by atoms with van der Waals surface area (Å²) in [7, 11) is 0. The summed E-state index contributed by atoms with van der Waals surface area (Å²) in [6.45, 7) is 0.393.